The molecule has 0 aromatic heterocycles. The van der Waals surface area contributed by atoms with Gasteiger partial charge in [0.25, 0.3) is 10.0 Å². The van der Waals surface area contributed by atoms with Crippen LogP contribution in [0, 0.1) is 0 Å². The number of anilines is 1. The smallest absolute Gasteiger partial charge is 0.261 e. The molecular formula is C17H20N2O2S. The lowest BCUT2D eigenvalue weighted by Gasteiger charge is -2.10. The number of benzene rings is 2. The highest BCUT2D eigenvalue weighted by Gasteiger charge is 2.14. The van der Waals surface area contributed by atoms with Gasteiger partial charge in [-0.15, -0.1) is 0 Å². The monoisotopic (exact) mass is 316 g/mol. The Morgan fingerprint density at radius 2 is 1.73 bits per heavy atom. The summed E-state index contributed by atoms with van der Waals surface area (Å²) in [6.45, 7) is 2.85. The predicted molar refractivity (Wildman–Crippen MR) is 91.1 cm³/mol. The number of rotatable bonds is 7. The van der Waals surface area contributed by atoms with Crippen LogP contribution in [0.5, 0.6) is 0 Å². The van der Waals surface area contributed by atoms with Gasteiger partial charge in [-0.3, -0.25) is 9.71 Å². The zero-order chi connectivity index (χ0) is 15.8. The quantitative estimate of drug-likeness (QED) is 0.625. The Hall–Kier alpha value is -2.14. The molecule has 0 fully saturated rings. The number of hydrogen-bond acceptors (Lipinski definition) is 3. The third kappa shape index (κ3) is 4.43. The number of aliphatic imine (C=N–C) groups is 1. The van der Waals surface area contributed by atoms with Crippen LogP contribution < -0.4 is 4.72 Å². The first-order valence-electron chi connectivity index (χ1n) is 7.30. The van der Waals surface area contributed by atoms with E-state index >= 15 is 0 Å². The molecule has 0 saturated heterocycles. The maximum absolute atomic E-state index is 12.4. The summed E-state index contributed by atoms with van der Waals surface area (Å²) >= 11 is 0. The highest BCUT2D eigenvalue weighted by Crippen LogP contribution is 2.18. The molecule has 0 radical (unpaired) electrons. The van der Waals surface area contributed by atoms with E-state index in [2.05, 4.69) is 16.6 Å². The molecule has 0 amide bonds. The SMILES string of the molecule is CCCCN=Cc1ccccc1NS(=O)(=O)c1ccccc1. The van der Waals surface area contributed by atoms with Crippen molar-refractivity contribution >= 4 is 21.9 Å². The van der Waals surface area contributed by atoms with Gasteiger partial charge in [-0.1, -0.05) is 49.7 Å². The second-order valence-corrected chi connectivity index (χ2v) is 6.58. The van der Waals surface area contributed by atoms with Crippen LogP contribution in [-0.2, 0) is 10.0 Å². The van der Waals surface area contributed by atoms with Gasteiger partial charge in [0.15, 0.2) is 0 Å². The molecule has 0 saturated carbocycles. The van der Waals surface area contributed by atoms with E-state index in [1.165, 1.54) is 0 Å². The molecule has 1 N–H and O–H groups in total. The van der Waals surface area contributed by atoms with Gasteiger partial charge >= 0.3 is 0 Å². The molecule has 0 heterocycles. The number of unbranched alkanes of at least 4 members (excludes halogenated alkanes) is 1. The molecule has 0 aliphatic heterocycles. The van der Waals surface area contributed by atoms with E-state index in [-0.39, 0.29) is 4.90 Å². The van der Waals surface area contributed by atoms with Gasteiger partial charge in [-0.05, 0) is 24.6 Å². The van der Waals surface area contributed by atoms with Crippen molar-refractivity contribution in [3.05, 3.63) is 60.2 Å². The Bertz CT molecular complexity index is 725. The molecule has 0 aliphatic rings. The van der Waals surface area contributed by atoms with E-state index in [0.717, 1.165) is 24.9 Å². The first kappa shape index (κ1) is 16.2. The molecule has 0 atom stereocenters. The molecule has 0 aliphatic carbocycles. The average molecular weight is 316 g/mol. The zero-order valence-corrected chi connectivity index (χ0v) is 13.4. The summed E-state index contributed by atoms with van der Waals surface area (Å²) in [5, 5.41) is 0. The molecular weight excluding hydrogens is 296 g/mol. The van der Waals surface area contributed by atoms with Crippen LogP contribution in [0.1, 0.15) is 25.3 Å². The van der Waals surface area contributed by atoms with Crippen LogP contribution in [0.25, 0.3) is 0 Å². The Kier molecular flexibility index (Phi) is 5.72. The second-order valence-electron chi connectivity index (χ2n) is 4.89. The van der Waals surface area contributed by atoms with Crippen LogP contribution in [0.2, 0.25) is 0 Å². The molecule has 2 rings (SSSR count). The zero-order valence-electron chi connectivity index (χ0n) is 12.6. The number of nitrogens with one attached hydrogen (secondary N) is 1. The van der Waals surface area contributed by atoms with E-state index in [1.54, 1.807) is 48.7 Å². The van der Waals surface area contributed by atoms with Gasteiger partial charge in [0, 0.05) is 18.3 Å². The Labute approximate surface area is 132 Å². The van der Waals surface area contributed by atoms with E-state index in [9.17, 15) is 8.42 Å². The molecule has 5 heteroatoms. The molecule has 2 aromatic carbocycles. The Balaban J connectivity index is 2.21. The number of sulfonamides is 1. The maximum Gasteiger partial charge on any atom is 0.261 e. The minimum Gasteiger partial charge on any atom is -0.292 e. The fourth-order valence-corrected chi connectivity index (χ4v) is 3.03. The third-order valence-electron chi connectivity index (χ3n) is 3.13. The van der Waals surface area contributed by atoms with E-state index in [1.807, 2.05) is 12.1 Å². The van der Waals surface area contributed by atoms with Crippen LogP contribution in [0.3, 0.4) is 0 Å². The van der Waals surface area contributed by atoms with Gasteiger partial charge < -0.3 is 0 Å². The molecule has 2 aromatic rings. The van der Waals surface area contributed by atoms with E-state index in [0.29, 0.717) is 5.69 Å². The molecule has 0 spiro atoms. The van der Waals surface area contributed by atoms with Crippen LogP contribution in [-0.4, -0.2) is 21.2 Å². The number of nitrogens with zero attached hydrogens (tertiary/aromatic N) is 1. The second kappa shape index (κ2) is 7.75. The molecule has 0 unspecified atom stereocenters. The van der Waals surface area contributed by atoms with Gasteiger partial charge in [-0.25, -0.2) is 8.42 Å². The molecule has 116 valence electrons. The number of hydrogen-bond donors (Lipinski definition) is 1. The van der Waals surface area contributed by atoms with Crippen LogP contribution in [0.15, 0.2) is 64.5 Å². The lowest BCUT2D eigenvalue weighted by Crippen LogP contribution is -2.14. The average Bonchev–Trinajstić information content (AvgIpc) is 2.53. The maximum atomic E-state index is 12.4. The van der Waals surface area contributed by atoms with Crippen molar-refractivity contribution in [2.75, 3.05) is 11.3 Å². The standard InChI is InChI=1S/C17H20N2O2S/c1-2-3-13-18-14-15-9-7-8-12-17(15)19-22(20,21)16-10-5-4-6-11-16/h4-12,14,19H,2-3,13H2,1H3. The predicted octanol–water partition coefficient (Wildman–Crippen LogP) is 3.71. The minimum atomic E-state index is -3.58. The number of para-hydroxylation sites is 1. The summed E-state index contributed by atoms with van der Waals surface area (Å²) in [5.74, 6) is 0. The first-order valence-corrected chi connectivity index (χ1v) is 8.78. The molecule has 22 heavy (non-hydrogen) atoms. The first-order chi connectivity index (χ1) is 10.6. The lowest BCUT2D eigenvalue weighted by molar-refractivity contribution is 0.601. The fourth-order valence-electron chi connectivity index (χ4n) is 1.92. The van der Waals surface area contributed by atoms with Gasteiger partial charge in [0.05, 0.1) is 10.6 Å². The van der Waals surface area contributed by atoms with Crippen molar-refractivity contribution in [3.63, 3.8) is 0 Å². The van der Waals surface area contributed by atoms with Crippen molar-refractivity contribution < 1.29 is 8.42 Å². The summed E-state index contributed by atoms with van der Waals surface area (Å²) < 4.78 is 27.4. The van der Waals surface area contributed by atoms with E-state index < -0.39 is 10.0 Å². The molecule has 0 bridgehead atoms. The molecule has 4 nitrogen and oxygen atoms in total. The minimum absolute atomic E-state index is 0.243. The normalized spacial score (nSPS) is 11.7. The van der Waals surface area contributed by atoms with Crippen LogP contribution in [0.4, 0.5) is 5.69 Å². The summed E-state index contributed by atoms with van der Waals surface area (Å²) in [6, 6.07) is 15.6. The van der Waals surface area contributed by atoms with Crippen molar-refractivity contribution in [2.24, 2.45) is 4.99 Å². The van der Waals surface area contributed by atoms with Crippen LogP contribution >= 0.6 is 0 Å². The van der Waals surface area contributed by atoms with Crippen molar-refractivity contribution in [3.8, 4) is 0 Å². The van der Waals surface area contributed by atoms with Gasteiger partial charge in [0.2, 0.25) is 0 Å². The Morgan fingerprint density at radius 1 is 1.05 bits per heavy atom. The summed E-state index contributed by atoms with van der Waals surface area (Å²) in [4.78, 5) is 4.58. The van der Waals surface area contributed by atoms with E-state index in [4.69, 9.17) is 0 Å². The van der Waals surface area contributed by atoms with Crippen molar-refractivity contribution in [1.29, 1.82) is 0 Å². The summed E-state index contributed by atoms with van der Waals surface area (Å²) in [5.41, 5.74) is 1.30. The fraction of sp³-hybridized carbons (Fsp3) is 0.235. The lowest BCUT2D eigenvalue weighted by atomic mass is 10.2. The highest BCUT2D eigenvalue weighted by atomic mass is 32.2. The van der Waals surface area contributed by atoms with Gasteiger partial charge in [-0.2, -0.15) is 0 Å². The summed E-state index contributed by atoms with van der Waals surface area (Å²) in [7, 11) is -3.58. The van der Waals surface area contributed by atoms with Crippen molar-refractivity contribution in [1.82, 2.24) is 0 Å². The van der Waals surface area contributed by atoms with Gasteiger partial charge in [0.1, 0.15) is 0 Å². The largest absolute Gasteiger partial charge is 0.292 e. The summed E-state index contributed by atoms with van der Waals surface area (Å²) in [6.07, 6.45) is 3.83. The topological polar surface area (TPSA) is 58.5 Å². The highest BCUT2D eigenvalue weighted by molar-refractivity contribution is 7.92. The Morgan fingerprint density at radius 3 is 2.45 bits per heavy atom. The third-order valence-corrected chi connectivity index (χ3v) is 4.51. The van der Waals surface area contributed by atoms with Crippen molar-refractivity contribution in [2.45, 2.75) is 24.7 Å².